The molecule has 0 heterocycles. The number of aliphatic hydroxyl groups is 1. The van der Waals surface area contributed by atoms with Crippen LogP contribution >= 0.6 is 11.8 Å². The lowest BCUT2D eigenvalue weighted by Gasteiger charge is -1.99. The third-order valence-electron chi connectivity index (χ3n) is 1.59. The van der Waals surface area contributed by atoms with Crippen molar-refractivity contribution in [1.29, 1.82) is 0 Å². The third kappa shape index (κ3) is 3.61. The molecular weight excluding hydrogens is 184 g/mol. The fourth-order valence-electron chi connectivity index (χ4n) is 0.897. The predicted octanol–water partition coefficient (Wildman–Crippen LogP) is 1.97. The highest BCUT2D eigenvalue weighted by Crippen LogP contribution is 2.18. The number of aldehydes is 1. The Bertz CT molecular complexity index is 256. The first-order valence-electron chi connectivity index (χ1n) is 4.15. The summed E-state index contributed by atoms with van der Waals surface area (Å²) >= 11 is 1.69. The van der Waals surface area contributed by atoms with Gasteiger partial charge in [0.15, 0.2) is 0 Å². The Morgan fingerprint density at radius 2 is 2.00 bits per heavy atom. The molecule has 1 rings (SSSR count). The van der Waals surface area contributed by atoms with Crippen LogP contribution in [0.25, 0.3) is 0 Å². The zero-order chi connectivity index (χ0) is 9.52. The maximum absolute atomic E-state index is 10.3. The molecule has 0 saturated heterocycles. The molecule has 0 aliphatic rings. The van der Waals surface area contributed by atoms with Crippen LogP contribution in [0.5, 0.6) is 0 Å². The van der Waals surface area contributed by atoms with Crippen molar-refractivity contribution < 1.29 is 9.90 Å². The highest BCUT2D eigenvalue weighted by atomic mass is 32.2. The average molecular weight is 196 g/mol. The Balaban J connectivity index is 2.44. The van der Waals surface area contributed by atoms with Gasteiger partial charge >= 0.3 is 0 Å². The van der Waals surface area contributed by atoms with Crippen molar-refractivity contribution in [2.45, 2.75) is 11.3 Å². The summed E-state index contributed by atoms with van der Waals surface area (Å²) in [5.74, 6) is 0.914. The van der Waals surface area contributed by atoms with Gasteiger partial charge in [0.2, 0.25) is 0 Å². The minimum atomic E-state index is 0.236. The Morgan fingerprint density at radius 1 is 1.31 bits per heavy atom. The SMILES string of the molecule is O=Cc1ccc(SCCCO)cc1. The van der Waals surface area contributed by atoms with Crippen molar-refractivity contribution in [2.24, 2.45) is 0 Å². The van der Waals surface area contributed by atoms with Gasteiger partial charge in [0.05, 0.1) is 0 Å². The second-order valence-corrected chi connectivity index (χ2v) is 3.78. The molecule has 1 aromatic rings. The van der Waals surface area contributed by atoms with Gasteiger partial charge in [-0.1, -0.05) is 12.1 Å². The molecule has 1 N–H and O–H groups in total. The van der Waals surface area contributed by atoms with Crippen molar-refractivity contribution in [3.05, 3.63) is 29.8 Å². The molecule has 0 fully saturated rings. The Hall–Kier alpha value is -0.800. The zero-order valence-electron chi connectivity index (χ0n) is 7.27. The van der Waals surface area contributed by atoms with Gasteiger partial charge in [-0.2, -0.15) is 0 Å². The topological polar surface area (TPSA) is 37.3 Å². The van der Waals surface area contributed by atoms with Gasteiger partial charge in [-0.25, -0.2) is 0 Å². The van der Waals surface area contributed by atoms with Crippen LogP contribution in [0.2, 0.25) is 0 Å². The normalized spacial score (nSPS) is 9.92. The predicted molar refractivity (Wildman–Crippen MR) is 54.3 cm³/mol. The largest absolute Gasteiger partial charge is 0.396 e. The summed E-state index contributed by atoms with van der Waals surface area (Å²) in [6, 6.07) is 7.44. The number of thioether (sulfide) groups is 1. The van der Waals surface area contributed by atoms with Gasteiger partial charge in [0.25, 0.3) is 0 Å². The molecule has 0 saturated carbocycles. The number of hydrogen-bond donors (Lipinski definition) is 1. The van der Waals surface area contributed by atoms with Crippen LogP contribution in [0.4, 0.5) is 0 Å². The monoisotopic (exact) mass is 196 g/mol. The lowest BCUT2D eigenvalue weighted by Crippen LogP contribution is -1.85. The maximum Gasteiger partial charge on any atom is 0.150 e. The van der Waals surface area contributed by atoms with E-state index in [1.807, 2.05) is 12.1 Å². The molecule has 0 aliphatic carbocycles. The number of carbonyl (C=O) groups excluding carboxylic acids is 1. The van der Waals surface area contributed by atoms with E-state index in [-0.39, 0.29) is 6.61 Å². The maximum atomic E-state index is 10.3. The van der Waals surface area contributed by atoms with E-state index in [2.05, 4.69) is 0 Å². The molecule has 70 valence electrons. The minimum absolute atomic E-state index is 0.236. The van der Waals surface area contributed by atoms with E-state index in [9.17, 15) is 4.79 Å². The van der Waals surface area contributed by atoms with Crippen LogP contribution < -0.4 is 0 Å². The second kappa shape index (κ2) is 5.78. The Kier molecular flexibility index (Phi) is 4.57. The first-order valence-corrected chi connectivity index (χ1v) is 5.14. The molecule has 0 aliphatic heterocycles. The second-order valence-electron chi connectivity index (χ2n) is 2.61. The summed E-state index contributed by atoms with van der Waals surface area (Å²) in [6.45, 7) is 0.236. The van der Waals surface area contributed by atoms with Crippen molar-refractivity contribution >= 4 is 18.0 Å². The Morgan fingerprint density at radius 3 is 2.54 bits per heavy atom. The minimum Gasteiger partial charge on any atom is -0.396 e. The van der Waals surface area contributed by atoms with Crippen LogP contribution in [-0.2, 0) is 0 Å². The summed E-state index contributed by atoms with van der Waals surface area (Å²) in [5, 5.41) is 8.57. The van der Waals surface area contributed by atoms with Gasteiger partial charge in [0.1, 0.15) is 6.29 Å². The molecule has 0 unspecified atom stereocenters. The van der Waals surface area contributed by atoms with Crippen LogP contribution in [0.15, 0.2) is 29.2 Å². The summed E-state index contributed by atoms with van der Waals surface area (Å²) < 4.78 is 0. The fraction of sp³-hybridized carbons (Fsp3) is 0.300. The lowest BCUT2D eigenvalue weighted by atomic mass is 10.2. The first-order chi connectivity index (χ1) is 6.36. The number of aliphatic hydroxyl groups excluding tert-OH is 1. The van der Waals surface area contributed by atoms with E-state index < -0.39 is 0 Å². The molecule has 0 radical (unpaired) electrons. The van der Waals surface area contributed by atoms with Gasteiger partial charge in [-0.3, -0.25) is 4.79 Å². The molecule has 0 aromatic heterocycles. The van der Waals surface area contributed by atoms with Crippen molar-refractivity contribution in [1.82, 2.24) is 0 Å². The van der Waals surface area contributed by atoms with Crippen LogP contribution in [0.1, 0.15) is 16.8 Å². The highest BCUT2D eigenvalue weighted by molar-refractivity contribution is 7.99. The molecule has 0 amide bonds. The van der Waals surface area contributed by atoms with Crippen molar-refractivity contribution in [3.8, 4) is 0 Å². The molecule has 0 bridgehead atoms. The molecular formula is C10H12O2S. The van der Waals surface area contributed by atoms with Gasteiger partial charge in [-0.05, 0) is 18.6 Å². The molecule has 0 spiro atoms. The van der Waals surface area contributed by atoms with E-state index >= 15 is 0 Å². The van der Waals surface area contributed by atoms with E-state index in [0.717, 1.165) is 23.4 Å². The van der Waals surface area contributed by atoms with Gasteiger partial charge < -0.3 is 5.11 Å². The molecule has 2 nitrogen and oxygen atoms in total. The summed E-state index contributed by atoms with van der Waals surface area (Å²) in [5.41, 5.74) is 0.700. The first kappa shape index (κ1) is 10.3. The van der Waals surface area contributed by atoms with Gasteiger partial charge in [-0.15, -0.1) is 11.8 Å². The standard InChI is InChI=1S/C10H12O2S/c11-6-1-7-13-10-4-2-9(8-12)3-5-10/h2-5,8,11H,1,6-7H2. The van der Waals surface area contributed by atoms with Crippen LogP contribution in [-0.4, -0.2) is 23.8 Å². The molecule has 0 atom stereocenters. The number of hydrogen-bond acceptors (Lipinski definition) is 3. The molecule has 1 aromatic carbocycles. The van der Waals surface area contributed by atoms with E-state index in [4.69, 9.17) is 5.11 Å². The zero-order valence-corrected chi connectivity index (χ0v) is 8.09. The van der Waals surface area contributed by atoms with Gasteiger partial charge in [0, 0.05) is 22.8 Å². The lowest BCUT2D eigenvalue weighted by molar-refractivity contribution is 0.112. The Labute approximate surface area is 82.0 Å². The smallest absolute Gasteiger partial charge is 0.150 e. The average Bonchev–Trinajstić information content (AvgIpc) is 2.19. The summed E-state index contributed by atoms with van der Waals surface area (Å²) in [7, 11) is 0. The van der Waals surface area contributed by atoms with E-state index in [0.29, 0.717) is 5.56 Å². The fourth-order valence-corrected chi connectivity index (χ4v) is 1.73. The van der Waals surface area contributed by atoms with Crippen LogP contribution in [0, 0.1) is 0 Å². The summed E-state index contributed by atoms with van der Waals surface area (Å²) in [4.78, 5) is 11.5. The highest BCUT2D eigenvalue weighted by Gasteiger charge is 1.93. The van der Waals surface area contributed by atoms with Crippen molar-refractivity contribution in [3.63, 3.8) is 0 Å². The quantitative estimate of drug-likeness (QED) is 0.444. The number of benzene rings is 1. The van der Waals surface area contributed by atoms with Crippen molar-refractivity contribution in [2.75, 3.05) is 12.4 Å². The number of carbonyl (C=O) groups is 1. The third-order valence-corrected chi connectivity index (χ3v) is 2.69. The summed E-state index contributed by atoms with van der Waals surface area (Å²) in [6.07, 6.45) is 1.64. The van der Waals surface area contributed by atoms with E-state index in [1.165, 1.54) is 0 Å². The number of rotatable bonds is 5. The molecule has 13 heavy (non-hydrogen) atoms. The molecule has 3 heteroatoms. The van der Waals surface area contributed by atoms with Crippen LogP contribution in [0.3, 0.4) is 0 Å². The van der Waals surface area contributed by atoms with E-state index in [1.54, 1.807) is 23.9 Å².